The van der Waals surface area contributed by atoms with Crippen LogP contribution in [0.25, 0.3) is 77.2 Å². The van der Waals surface area contributed by atoms with Crippen molar-refractivity contribution in [1.82, 2.24) is 73.5 Å². The summed E-state index contributed by atoms with van der Waals surface area (Å²) in [5, 5.41) is 15.5. The summed E-state index contributed by atoms with van der Waals surface area (Å²) in [7, 11) is 0. The first-order chi connectivity index (χ1) is 42.8. The summed E-state index contributed by atoms with van der Waals surface area (Å²) in [4.78, 5) is 87.6. The summed E-state index contributed by atoms with van der Waals surface area (Å²) in [6.45, 7) is 10.0. The number of rotatable bonds is 12. The molecule has 0 radical (unpaired) electrons. The van der Waals surface area contributed by atoms with E-state index < -0.39 is 0 Å². The van der Waals surface area contributed by atoms with Gasteiger partial charge in [0.25, 0.3) is 16.7 Å². The second-order valence-electron chi connectivity index (χ2n) is 21.6. The number of aromatic nitrogens is 15. The summed E-state index contributed by atoms with van der Waals surface area (Å²) in [6.07, 6.45) is 11.2. The van der Waals surface area contributed by atoms with Gasteiger partial charge in [-0.15, -0.1) is 0 Å². The van der Waals surface area contributed by atoms with Gasteiger partial charge in [0.1, 0.15) is 35.5 Å². The average molecular weight is 1220 g/mol. The topological polar surface area (TPSA) is 265 Å². The third kappa shape index (κ3) is 11.4. The van der Waals surface area contributed by atoms with Gasteiger partial charge in [-0.05, 0) is 129 Å². The van der Waals surface area contributed by atoms with Crippen LogP contribution in [0.15, 0.2) is 180 Å². The van der Waals surface area contributed by atoms with Gasteiger partial charge in [0.15, 0.2) is 34.4 Å². The number of aromatic amines is 3. The molecule has 14 aromatic rings. The van der Waals surface area contributed by atoms with Crippen LogP contribution < -0.4 is 32.6 Å². The van der Waals surface area contributed by atoms with Crippen molar-refractivity contribution in [2.45, 2.75) is 79.1 Å². The number of aryl methyl sites for hydroxylation is 2. The lowest BCUT2D eigenvalue weighted by Gasteiger charge is -2.22. The SMILES string of the molecule is C.C[C@H](Nc1ncnc2nc[nH]c12)c1cc2cccc(Cl)c2c(=O)n1-c1ccccc1.C[C@H](Nc1ncnc2nc[nH]c12)c1cc2cccc(Cl)c2c(=O)n1C1CC1.Cc1cccc(-n2c([C@H](C)Nc3ncnc4nc[nH]c34)cc3cccc(C)c3c2=O)c1. The first-order valence-corrected chi connectivity index (χ1v) is 29.2. The van der Waals surface area contributed by atoms with E-state index >= 15 is 0 Å². The van der Waals surface area contributed by atoms with E-state index in [1.54, 1.807) is 40.2 Å². The molecule has 15 rings (SSSR count). The number of nitrogens with zero attached hydrogens (tertiary/aromatic N) is 12. The largest absolute Gasteiger partial charge is 0.360 e. The second kappa shape index (κ2) is 24.6. The van der Waals surface area contributed by atoms with E-state index in [2.05, 4.69) is 81.8 Å². The van der Waals surface area contributed by atoms with Crippen LogP contribution in [0.4, 0.5) is 17.5 Å². The Morgan fingerprint density at radius 2 is 0.876 bits per heavy atom. The van der Waals surface area contributed by atoms with E-state index in [0.717, 1.165) is 85.0 Å². The predicted octanol–water partition coefficient (Wildman–Crippen LogP) is 13.4. The van der Waals surface area contributed by atoms with Crippen LogP contribution in [0.1, 0.15) is 93.4 Å². The van der Waals surface area contributed by atoms with E-state index in [0.29, 0.717) is 60.7 Å². The molecule has 0 unspecified atom stereocenters. The lowest BCUT2D eigenvalue weighted by atomic mass is 10.0. The normalized spacial score (nSPS) is 13.1. The molecule has 446 valence electrons. The molecular formula is C66H60Cl2N18O3. The van der Waals surface area contributed by atoms with Crippen molar-refractivity contribution in [2.75, 3.05) is 16.0 Å². The molecule has 0 amide bonds. The number of fused-ring (bicyclic) bond motifs is 6. The van der Waals surface area contributed by atoms with Crippen LogP contribution in [0, 0.1) is 13.8 Å². The standard InChI is InChI=1S/C24H22N6O.C22H17ClN6O.C19H17ClN6O.CH4/c1-14-6-4-9-18(10-14)30-19(11-17-8-5-7-15(2)20(17)24(30)31)16(3)29-23-21-22(26-12-25-21)27-13-28-23;1-13(28-21-19-20(25-11-24-19)26-12-27-21)17-10-14-6-5-9-16(23)18(14)22(30)29(17)15-7-3-2-4-8-15;1-10(25-18-16-17(22-8-21-16)23-9-24-18)14-7-11-3-2-4-13(20)15(11)19(27)26(14)12-5-6-12;/h4-13,16H,1-3H3,(H2,25,26,27,28,29);2-13H,1H3,(H2,24,25,26,27,28);2-4,7-10,12H,5-6H2,1H3,(H2,21,22,23,24,25);1H4/t16-;13-;10-;/m000./s1. The second-order valence-corrected chi connectivity index (χ2v) is 22.4. The first-order valence-electron chi connectivity index (χ1n) is 28.5. The first kappa shape index (κ1) is 58.7. The fourth-order valence-corrected chi connectivity index (χ4v) is 11.8. The number of hydrogen-bond acceptors (Lipinski definition) is 15. The van der Waals surface area contributed by atoms with Crippen LogP contribution in [0.2, 0.25) is 10.0 Å². The van der Waals surface area contributed by atoms with Gasteiger partial charge in [-0.25, -0.2) is 44.9 Å². The van der Waals surface area contributed by atoms with E-state index in [1.165, 1.54) is 19.0 Å². The number of halogens is 2. The Bertz CT molecular complexity index is 5150. The molecule has 0 spiro atoms. The van der Waals surface area contributed by atoms with Crippen molar-refractivity contribution in [3.63, 3.8) is 0 Å². The predicted molar refractivity (Wildman–Crippen MR) is 353 cm³/mol. The number of benzene rings is 5. The van der Waals surface area contributed by atoms with Crippen LogP contribution in [-0.4, -0.2) is 73.5 Å². The fraction of sp³-hybridized carbons (Fsp3) is 0.182. The Labute approximate surface area is 518 Å². The maximum atomic E-state index is 13.7. The molecule has 0 aliphatic heterocycles. The van der Waals surface area contributed by atoms with E-state index in [4.69, 9.17) is 23.2 Å². The van der Waals surface area contributed by atoms with E-state index in [9.17, 15) is 14.4 Å². The number of pyridine rings is 3. The molecule has 3 atom stereocenters. The Balaban J connectivity index is 0.000000129. The molecule has 23 heteroatoms. The van der Waals surface area contributed by atoms with Gasteiger partial charge in [-0.3, -0.25) is 23.5 Å². The Morgan fingerprint density at radius 3 is 1.37 bits per heavy atom. The number of H-pyrrole nitrogens is 3. The van der Waals surface area contributed by atoms with Gasteiger partial charge in [-0.2, -0.15) is 0 Å². The highest BCUT2D eigenvalue weighted by molar-refractivity contribution is 6.35. The van der Waals surface area contributed by atoms with Gasteiger partial charge < -0.3 is 35.5 Å². The summed E-state index contributed by atoms with van der Waals surface area (Å²) in [6, 6.07) is 40.2. The minimum Gasteiger partial charge on any atom is -0.360 e. The quantitative estimate of drug-likeness (QED) is 0.0664. The summed E-state index contributed by atoms with van der Waals surface area (Å²) < 4.78 is 5.37. The lowest BCUT2D eigenvalue weighted by molar-refractivity contribution is 0.636. The zero-order chi connectivity index (χ0) is 60.7. The number of anilines is 3. The maximum absolute atomic E-state index is 13.7. The Kier molecular flexibility index (Phi) is 16.2. The molecule has 9 heterocycles. The molecule has 1 aliphatic carbocycles. The molecule has 5 aromatic carbocycles. The Hall–Kier alpha value is -10.6. The summed E-state index contributed by atoms with van der Waals surface area (Å²) in [5.74, 6) is 1.91. The molecule has 1 saturated carbocycles. The van der Waals surface area contributed by atoms with Crippen molar-refractivity contribution in [2.24, 2.45) is 0 Å². The molecule has 0 saturated heterocycles. The zero-order valence-electron chi connectivity index (χ0n) is 48.2. The summed E-state index contributed by atoms with van der Waals surface area (Å²) >= 11 is 12.7. The van der Waals surface area contributed by atoms with Gasteiger partial charge in [0.2, 0.25) is 0 Å². The third-order valence-corrected chi connectivity index (χ3v) is 16.2. The van der Waals surface area contributed by atoms with E-state index in [1.807, 2.05) is 148 Å². The van der Waals surface area contributed by atoms with Gasteiger partial charge in [0, 0.05) is 34.5 Å². The molecule has 89 heavy (non-hydrogen) atoms. The van der Waals surface area contributed by atoms with Gasteiger partial charge >= 0.3 is 0 Å². The highest BCUT2D eigenvalue weighted by atomic mass is 35.5. The van der Waals surface area contributed by atoms with Crippen molar-refractivity contribution >= 4 is 106 Å². The van der Waals surface area contributed by atoms with Crippen molar-refractivity contribution < 1.29 is 0 Å². The van der Waals surface area contributed by atoms with Crippen LogP contribution in [0.3, 0.4) is 0 Å². The van der Waals surface area contributed by atoms with Crippen LogP contribution >= 0.6 is 23.2 Å². The fourth-order valence-electron chi connectivity index (χ4n) is 11.3. The molecule has 0 bridgehead atoms. The number of imidazole rings is 3. The average Bonchev–Trinajstić information content (AvgIpc) is 1.98. The lowest BCUT2D eigenvalue weighted by Crippen LogP contribution is -2.26. The number of para-hydroxylation sites is 1. The molecule has 1 fully saturated rings. The molecule has 6 N–H and O–H groups in total. The molecular weight excluding hydrogens is 1160 g/mol. The van der Waals surface area contributed by atoms with Gasteiger partial charge in [0.05, 0.1) is 63.3 Å². The van der Waals surface area contributed by atoms with Crippen molar-refractivity contribution in [3.8, 4) is 11.4 Å². The monoisotopic (exact) mass is 1220 g/mol. The smallest absolute Gasteiger partial charge is 0.264 e. The summed E-state index contributed by atoms with van der Waals surface area (Å²) in [5.41, 5.74) is 9.95. The minimum absolute atomic E-state index is 0. The Morgan fingerprint density at radius 1 is 0.461 bits per heavy atom. The number of hydrogen-bond donors (Lipinski definition) is 6. The molecule has 9 aromatic heterocycles. The highest BCUT2D eigenvalue weighted by Gasteiger charge is 2.30. The zero-order valence-corrected chi connectivity index (χ0v) is 49.7. The van der Waals surface area contributed by atoms with Gasteiger partial charge in [-0.1, -0.05) is 103 Å². The van der Waals surface area contributed by atoms with E-state index in [-0.39, 0.29) is 48.3 Å². The maximum Gasteiger partial charge on any atom is 0.264 e. The third-order valence-electron chi connectivity index (χ3n) is 15.6. The number of nitrogens with one attached hydrogen (secondary N) is 6. The minimum atomic E-state index is -0.248. The van der Waals surface area contributed by atoms with Crippen molar-refractivity contribution in [1.29, 1.82) is 0 Å². The van der Waals surface area contributed by atoms with Crippen molar-refractivity contribution in [3.05, 3.63) is 235 Å². The molecule has 21 nitrogen and oxygen atoms in total. The van der Waals surface area contributed by atoms with Crippen LogP contribution in [-0.2, 0) is 0 Å². The van der Waals surface area contributed by atoms with Crippen LogP contribution in [0.5, 0.6) is 0 Å². The highest BCUT2D eigenvalue weighted by Crippen LogP contribution is 2.38. The molecule has 1 aliphatic rings.